The van der Waals surface area contributed by atoms with Crippen LogP contribution >= 0.6 is 0 Å². The van der Waals surface area contributed by atoms with Crippen molar-refractivity contribution < 1.29 is 0 Å². The van der Waals surface area contributed by atoms with Crippen LogP contribution in [0.4, 0.5) is 0 Å². The molecule has 0 nitrogen and oxygen atoms in total. The van der Waals surface area contributed by atoms with E-state index in [-0.39, 0.29) is 0 Å². The van der Waals surface area contributed by atoms with Gasteiger partial charge < -0.3 is 0 Å². The van der Waals surface area contributed by atoms with Crippen LogP contribution in [0.15, 0.2) is 71.9 Å². The molecule has 2 aromatic rings. The average Bonchev–Trinajstić information content (AvgIpc) is 2.53. The summed E-state index contributed by atoms with van der Waals surface area (Å²) in [5.74, 6) is 0. The number of allylic oxidation sites excluding steroid dienone is 2. The second-order valence-corrected chi connectivity index (χ2v) is 9.40. The van der Waals surface area contributed by atoms with E-state index in [1.54, 1.807) is 5.20 Å². The van der Waals surface area contributed by atoms with Gasteiger partial charge in [-0.2, -0.15) is 0 Å². The quantitative estimate of drug-likeness (QED) is 0.721. The first-order valence-electron chi connectivity index (χ1n) is 7.54. The van der Waals surface area contributed by atoms with Crippen molar-refractivity contribution in [3.63, 3.8) is 0 Å². The van der Waals surface area contributed by atoms with Crippen LogP contribution in [0.25, 0.3) is 0 Å². The van der Waals surface area contributed by atoms with Crippen LogP contribution in [0.2, 0.25) is 6.55 Å². The van der Waals surface area contributed by atoms with Gasteiger partial charge in [0.15, 0.2) is 0 Å². The number of hydrogen-bond acceptors (Lipinski definition) is 0. The minimum atomic E-state index is -1.79. The van der Waals surface area contributed by atoms with Gasteiger partial charge in [0, 0.05) is 0 Å². The predicted octanol–water partition coefficient (Wildman–Crippen LogP) is 4.17. The molecule has 0 amide bonds. The summed E-state index contributed by atoms with van der Waals surface area (Å²) in [4.78, 5) is 0. The minimum absolute atomic E-state index is 1.12. The van der Waals surface area contributed by atoms with Crippen LogP contribution < -0.4 is 10.4 Å². The van der Waals surface area contributed by atoms with Crippen LogP contribution in [0.1, 0.15) is 26.7 Å². The monoisotopic (exact) mass is 280 g/mol. The number of benzene rings is 2. The maximum Gasteiger partial charge on any atom is 0.141 e. The van der Waals surface area contributed by atoms with Crippen LogP contribution in [0.5, 0.6) is 0 Å². The number of hydrogen-bond donors (Lipinski definition) is 0. The van der Waals surface area contributed by atoms with Gasteiger partial charge in [0.05, 0.1) is 0 Å². The van der Waals surface area contributed by atoms with Crippen LogP contribution in [-0.4, -0.2) is 8.07 Å². The summed E-state index contributed by atoms with van der Waals surface area (Å²) in [7, 11) is -1.79. The summed E-state index contributed by atoms with van der Waals surface area (Å²) in [6, 6.07) is 22.1. The van der Waals surface area contributed by atoms with Crippen molar-refractivity contribution in [3.05, 3.63) is 71.9 Å². The van der Waals surface area contributed by atoms with E-state index in [0.717, 1.165) is 12.8 Å². The summed E-state index contributed by atoms with van der Waals surface area (Å²) in [5.41, 5.74) is 0. The molecule has 0 unspecified atom stereocenters. The van der Waals surface area contributed by atoms with Gasteiger partial charge in [-0.25, -0.2) is 0 Å². The van der Waals surface area contributed by atoms with Crippen molar-refractivity contribution >= 4 is 18.4 Å². The molecule has 0 atom stereocenters. The van der Waals surface area contributed by atoms with Crippen molar-refractivity contribution in [2.75, 3.05) is 0 Å². The smallest absolute Gasteiger partial charge is 0.0888 e. The lowest BCUT2D eigenvalue weighted by Crippen LogP contribution is -2.57. The lowest BCUT2D eigenvalue weighted by Gasteiger charge is -2.31. The topological polar surface area (TPSA) is 0 Å². The molecule has 20 heavy (non-hydrogen) atoms. The average molecular weight is 280 g/mol. The fraction of sp³-hybridized carbons (Fsp3) is 0.263. The van der Waals surface area contributed by atoms with Gasteiger partial charge in [-0.05, 0) is 23.2 Å². The molecule has 0 bridgehead atoms. The lowest BCUT2D eigenvalue weighted by molar-refractivity contribution is 1.12. The molecule has 0 aliphatic heterocycles. The third-order valence-electron chi connectivity index (χ3n) is 4.18. The first kappa shape index (κ1) is 14.8. The standard InChI is InChI=1S/C19H24Si/c1-4-12-17(5-2)20(3,18-13-8-6-9-14-18)19-15-10-7-11-16-19/h6-16H,4-5H2,1-3H3/b17-12-. The zero-order valence-corrected chi connectivity index (χ0v) is 13.8. The van der Waals surface area contributed by atoms with Gasteiger partial charge in [0.25, 0.3) is 0 Å². The molecule has 0 aromatic heterocycles. The first-order valence-corrected chi connectivity index (χ1v) is 10.0. The largest absolute Gasteiger partial charge is 0.141 e. The summed E-state index contributed by atoms with van der Waals surface area (Å²) >= 11 is 0. The molecule has 0 saturated carbocycles. The van der Waals surface area contributed by atoms with Crippen LogP contribution in [0, 0.1) is 0 Å². The third kappa shape index (κ3) is 2.78. The Hall–Kier alpha value is -1.60. The fourth-order valence-corrected chi connectivity index (χ4v) is 7.14. The Bertz CT molecular complexity index is 515. The molecule has 1 heteroatoms. The highest BCUT2D eigenvalue weighted by molar-refractivity contribution is 7.06. The van der Waals surface area contributed by atoms with E-state index in [1.165, 1.54) is 10.4 Å². The van der Waals surface area contributed by atoms with Crippen molar-refractivity contribution in [2.24, 2.45) is 0 Å². The molecule has 0 spiro atoms. The van der Waals surface area contributed by atoms with Crippen LogP contribution in [-0.2, 0) is 0 Å². The first-order chi connectivity index (χ1) is 9.73. The highest BCUT2D eigenvalue weighted by Gasteiger charge is 2.34. The van der Waals surface area contributed by atoms with Gasteiger partial charge in [-0.3, -0.25) is 0 Å². The predicted molar refractivity (Wildman–Crippen MR) is 92.4 cm³/mol. The molecule has 0 aliphatic carbocycles. The van der Waals surface area contributed by atoms with Gasteiger partial charge in [0.2, 0.25) is 0 Å². The lowest BCUT2D eigenvalue weighted by atomic mass is 10.3. The Balaban J connectivity index is 2.64. The van der Waals surface area contributed by atoms with Gasteiger partial charge >= 0.3 is 0 Å². The third-order valence-corrected chi connectivity index (χ3v) is 8.99. The second-order valence-electron chi connectivity index (χ2n) is 5.35. The molecule has 0 heterocycles. The van der Waals surface area contributed by atoms with E-state index >= 15 is 0 Å². The Morgan fingerprint density at radius 3 is 1.65 bits per heavy atom. The van der Waals surface area contributed by atoms with Crippen molar-refractivity contribution in [1.82, 2.24) is 0 Å². The highest BCUT2D eigenvalue weighted by atomic mass is 28.3. The van der Waals surface area contributed by atoms with E-state index in [4.69, 9.17) is 0 Å². The molecule has 0 fully saturated rings. The molecular weight excluding hydrogens is 256 g/mol. The van der Waals surface area contributed by atoms with E-state index in [1.807, 2.05) is 0 Å². The summed E-state index contributed by atoms with van der Waals surface area (Å²) in [6.45, 7) is 7.02. The van der Waals surface area contributed by atoms with E-state index in [9.17, 15) is 0 Å². The zero-order chi connectivity index (χ0) is 14.4. The molecule has 0 saturated heterocycles. The van der Waals surface area contributed by atoms with E-state index < -0.39 is 8.07 Å². The van der Waals surface area contributed by atoms with Crippen LogP contribution in [0.3, 0.4) is 0 Å². The molecule has 104 valence electrons. The van der Waals surface area contributed by atoms with Crippen molar-refractivity contribution in [3.8, 4) is 0 Å². The van der Waals surface area contributed by atoms with Gasteiger partial charge in [-0.15, -0.1) is 0 Å². The molecular formula is C19H24Si. The zero-order valence-electron chi connectivity index (χ0n) is 12.8. The fourth-order valence-electron chi connectivity index (χ4n) is 3.03. The molecule has 2 rings (SSSR count). The number of rotatable bonds is 5. The van der Waals surface area contributed by atoms with E-state index in [0.29, 0.717) is 0 Å². The summed E-state index contributed by atoms with van der Waals surface area (Å²) in [5, 5.41) is 4.65. The molecule has 0 aliphatic rings. The normalized spacial score (nSPS) is 12.4. The highest BCUT2D eigenvalue weighted by Crippen LogP contribution is 2.19. The summed E-state index contributed by atoms with van der Waals surface area (Å²) < 4.78 is 0. The van der Waals surface area contributed by atoms with E-state index in [2.05, 4.69) is 87.1 Å². The maximum atomic E-state index is 2.49. The Labute approximate surface area is 124 Å². The molecule has 0 N–H and O–H groups in total. The molecule has 0 radical (unpaired) electrons. The summed E-state index contributed by atoms with van der Waals surface area (Å²) in [6.07, 6.45) is 4.71. The van der Waals surface area contributed by atoms with Crippen molar-refractivity contribution in [1.29, 1.82) is 0 Å². The van der Waals surface area contributed by atoms with Gasteiger partial charge in [0.1, 0.15) is 8.07 Å². The maximum absolute atomic E-state index is 2.49. The second kappa shape index (κ2) is 6.71. The SMILES string of the molecule is CC/C=C(/CC)[Si](C)(c1ccccc1)c1ccccc1. The Kier molecular flexibility index (Phi) is 4.97. The Morgan fingerprint density at radius 2 is 1.30 bits per heavy atom. The van der Waals surface area contributed by atoms with Gasteiger partial charge in [-0.1, -0.05) is 92.3 Å². The van der Waals surface area contributed by atoms with Crippen molar-refractivity contribution in [2.45, 2.75) is 33.2 Å². The minimum Gasteiger partial charge on any atom is -0.0888 e. The molecule has 2 aromatic carbocycles. The Morgan fingerprint density at radius 1 is 0.850 bits per heavy atom.